The van der Waals surface area contributed by atoms with Gasteiger partial charge in [0.05, 0.1) is 6.10 Å². The van der Waals surface area contributed by atoms with Crippen LogP contribution in [0.2, 0.25) is 0 Å². The number of methoxy groups -OCH3 is 1. The molecule has 0 saturated carbocycles. The minimum absolute atomic E-state index is 0.0981. The summed E-state index contributed by atoms with van der Waals surface area (Å²) >= 11 is 0. The lowest BCUT2D eigenvalue weighted by atomic mass is 10.1. The quantitative estimate of drug-likeness (QED) is 0.415. The van der Waals surface area contributed by atoms with E-state index in [4.69, 9.17) is 10.6 Å². The highest BCUT2D eigenvalue weighted by molar-refractivity contribution is 5.47. The van der Waals surface area contributed by atoms with Crippen LogP contribution in [-0.2, 0) is 11.3 Å². The zero-order chi connectivity index (χ0) is 13.5. The van der Waals surface area contributed by atoms with Crippen LogP contribution in [0.5, 0.6) is 0 Å². The summed E-state index contributed by atoms with van der Waals surface area (Å²) in [6, 6.07) is 1.80. The number of hydrazine groups is 1. The molecule has 102 valence electrons. The minimum atomic E-state index is -0.361. The van der Waals surface area contributed by atoms with Crippen molar-refractivity contribution in [2.75, 3.05) is 17.9 Å². The molecule has 7 nitrogen and oxygen atoms in total. The van der Waals surface area contributed by atoms with E-state index in [2.05, 4.69) is 20.7 Å². The smallest absolute Gasteiger partial charge is 0.158 e. The van der Waals surface area contributed by atoms with Gasteiger partial charge in [-0.3, -0.25) is 0 Å². The number of nitrogens with two attached hydrogens (primary N) is 1. The molecule has 0 bridgehead atoms. The molecule has 2 atom stereocenters. The van der Waals surface area contributed by atoms with Crippen LogP contribution in [0.1, 0.15) is 26.1 Å². The van der Waals surface area contributed by atoms with Crippen molar-refractivity contribution in [1.29, 1.82) is 0 Å². The summed E-state index contributed by atoms with van der Waals surface area (Å²) < 4.78 is 4.99. The van der Waals surface area contributed by atoms with Crippen molar-refractivity contribution in [3.63, 3.8) is 0 Å². The molecule has 2 unspecified atom stereocenters. The summed E-state index contributed by atoms with van der Waals surface area (Å²) in [5.41, 5.74) is 2.48. The average Bonchev–Trinajstić information content (AvgIpc) is 2.27. The Hall–Kier alpha value is -1.44. The van der Waals surface area contributed by atoms with Gasteiger partial charge in [-0.25, -0.2) is 15.8 Å². The van der Waals surface area contributed by atoms with Gasteiger partial charge in [0.1, 0.15) is 18.2 Å². The van der Waals surface area contributed by atoms with Gasteiger partial charge in [-0.15, -0.1) is 0 Å². The van der Waals surface area contributed by atoms with E-state index in [1.807, 2.05) is 6.92 Å². The Morgan fingerprint density at radius 3 is 2.61 bits per heavy atom. The molecular weight excluding hydrogens is 234 g/mol. The van der Waals surface area contributed by atoms with E-state index in [0.29, 0.717) is 30.5 Å². The first-order valence-electron chi connectivity index (χ1n) is 5.83. The lowest BCUT2D eigenvalue weighted by Crippen LogP contribution is -2.22. The second-order valence-electron chi connectivity index (χ2n) is 4.26. The Balaban J connectivity index is 2.77. The maximum Gasteiger partial charge on any atom is 0.158 e. The standard InChI is InChI=1S/C11H21N5O2/c1-7(4-8(2)17)13-9-5-10(16-12)15-11(14-9)6-18-3/h5,7-8,17H,4,6,12H2,1-3H3,(H2,13,14,15,16). The lowest BCUT2D eigenvalue weighted by molar-refractivity contribution is 0.177. The van der Waals surface area contributed by atoms with Crippen molar-refractivity contribution >= 4 is 11.6 Å². The topological polar surface area (TPSA) is 105 Å². The molecule has 0 fully saturated rings. The molecular formula is C11H21N5O2. The summed E-state index contributed by atoms with van der Waals surface area (Å²) in [4.78, 5) is 8.44. The Labute approximate surface area is 107 Å². The fourth-order valence-corrected chi connectivity index (χ4v) is 1.66. The first-order valence-corrected chi connectivity index (χ1v) is 5.83. The van der Waals surface area contributed by atoms with Crippen LogP contribution in [0.3, 0.4) is 0 Å². The van der Waals surface area contributed by atoms with Gasteiger partial charge >= 0.3 is 0 Å². The Bertz CT molecular complexity index is 372. The number of aromatic nitrogens is 2. The van der Waals surface area contributed by atoms with Crippen molar-refractivity contribution in [1.82, 2.24) is 9.97 Å². The number of aliphatic hydroxyl groups excluding tert-OH is 1. The maximum atomic E-state index is 9.32. The molecule has 0 aliphatic heterocycles. The van der Waals surface area contributed by atoms with E-state index < -0.39 is 0 Å². The molecule has 1 aromatic heterocycles. The fraction of sp³-hybridized carbons (Fsp3) is 0.636. The molecule has 0 aromatic carbocycles. The third kappa shape index (κ3) is 4.82. The summed E-state index contributed by atoms with van der Waals surface area (Å²) in [5, 5.41) is 12.5. The van der Waals surface area contributed by atoms with Crippen LogP contribution in [0.25, 0.3) is 0 Å². The molecule has 0 aliphatic rings. The van der Waals surface area contributed by atoms with E-state index in [1.165, 1.54) is 0 Å². The summed E-state index contributed by atoms with van der Waals surface area (Å²) in [6.45, 7) is 4.04. The Morgan fingerprint density at radius 1 is 1.39 bits per heavy atom. The van der Waals surface area contributed by atoms with Crippen LogP contribution in [0.4, 0.5) is 11.6 Å². The normalized spacial score (nSPS) is 14.1. The minimum Gasteiger partial charge on any atom is -0.393 e. The SMILES string of the molecule is COCc1nc(NN)cc(NC(C)CC(C)O)n1. The number of hydrogen-bond donors (Lipinski definition) is 4. The third-order valence-corrected chi connectivity index (χ3v) is 2.28. The van der Waals surface area contributed by atoms with Gasteiger partial charge in [-0.05, 0) is 20.3 Å². The van der Waals surface area contributed by atoms with Gasteiger partial charge in [-0.1, -0.05) is 0 Å². The zero-order valence-corrected chi connectivity index (χ0v) is 11.0. The summed E-state index contributed by atoms with van der Waals surface area (Å²) in [5.74, 6) is 7.06. The summed E-state index contributed by atoms with van der Waals surface area (Å²) in [7, 11) is 1.58. The van der Waals surface area contributed by atoms with Gasteiger partial charge in [0.15, 0.2) is 5.82 Å². The number of hydrogen-bond acceptors (Lipinski definition) is 7. The van der Waals surface area contributed by atoms with Crippen LogP contribution in [0.15, 0.2) is 6.07 Å². The van der Waals surface area contributed by atoms with E-state index in [0.717, 1.165) is 0 Å². The molecule has 1 heterocycles. The van der Waals surface area contributed by atoms with E-state index in [9.17, 15) is 5.11 Å². The highest BCUT2D eigenvalue weighted by atomic mass is 16.5. The van der Waals surface area contributed by atoms with Gasteiger partial charge < -0.3 is 20.6 Å². The van der Waals surface area contributed by atoms with Crippen molar-refractivity contribution in [2.45, 2.75) is 39.0 Å². The first-order chi connectivity index (χ1) is 8.55. The first kappa shape index (κ1) is 14.6. The Morgan fingerprint density at radius 2 is 2.06 bits per heavy atom. The molecule has 1 aromatic rings. The number of anilines is 2. The average molecular weight is 255 g/mol. The van der Waals surface area contributed by atoms with Crippen molar-refractivity contribution in [3.05, 3.63) is 11.9 Å². The number of aliphatic hydroxyl groups is 1. The number of nitrogen functional groups attached to an aromatic ring is 1. The van der Waals surface area contributed by atoms with E-state index in [1.54, 1.807) is 20.1 Å². The molecule has 0 amide bonds. The second kappa shape index (κ2) is 7.10. The van der Waals surface area contributed by atoms with Crippen molar-refractivity contribution in [3.8, 4) is 0 Å². The molecule has 0 spiro atoms. The fourth-order valence-electron chi connectivity index (χ4n) is 1.66. The molecule has 0 aliphatic carbocycles. The third-order valence-electron chi connectivity index (χ3n) is 2.28. The van der Waals surface area contributed by atoms with Crippen LogP contribution < -0.4 is 16.6 Å². The van der Waals surface area contributed by atoms with E-state index in [-0.39, 0.29) is 12.1 Å². The highest BCUT2D eigenvalue weighted by Crippen LogP contribution is 2.13. The van der Waals surface area contributed by atoms with Crippen LogP contribution in [-0.4, -0.2) is 34.3 Å². The summed E-state index contributed by atoms with van der Waals surface area (Å²) in [6.07, 6.45) is 0.273. The van der Waals surface area contributed by atoms with Crippen molar-refractivity contribution in [2.24, 2.45) is 5.84 Å². The zero-order valence-electron chi connectivity index (χ0n) is 11.0. The molecule has 0 radical (unpaired) electrons. The number of ether oxygens (including phenoxy) is 1. The van der Waals surface area contributed by atoms with Gasteiger partial charge in [0.2, 0.25) is 0 Å². The molecule has 7 heteroatoms. The lowest BCUT2D eigenvalue weighted by Gasteiger charge is -2.17. The number of rotatable bonds is 7. The van der Waals surface area contributed by atoms with Gasteiger partial charge in [-0.2, -0.15) is 0 Å². The maximum absolute atomic E-state index is 9.32. The molecule has 1 rings (SSSR count). The monoisotopic (exact) mass is 255 g/mol. The largest absolute Gasteiger partial charge is 0.393 e. The van der Waals surface area contributed by atoms with Crippen LogP contribution in [0, 0.1) is 0 Å². The number of nitrogens with zero attached hydrogens (tertiary/aromatic N) is 2. The van der Waals surface area contributed by atoms with Gasteiger partial charge in [0.25, 0.3) is 0 Å². The molecule has 5 N–H and O–H groups in total. The Kier molecular flexibility index (Phi) is 5.76. The number of nitrogens with one attached hydrogen (secondary N) is 2. The van der Waals surface area contributed by atoms with Crippen molar-refractivity contribution < 1.29 is 9.84 Å². The van der Waals surface area contributed by atoms with E-state index >= 15 is 0 Å². The highest BCUT2D eigenvalue weighted by Gasteiger charge is 2.09. The predicted molar refractivity (Wildman–Crippen MR) is 69.9 cm³/mol. The second-order valence-corrected chi connectivity index (χ2v) is 4.26. The van der Waals surface area contributed by atoms with Gasteiger partial charge in [0, 0.05) is 19.2 Å². The molecule has 18 heavy (non-hydrogen) atoms. The van der Waals surface area contributed by atoms with Crippen LogP contribution >= 0.6 is 0 Å². The predicted octanol–water partition coefficient (Wildman–Crippen LogP) is 0.480. The molecule has 0 saturated heterocycles.